The highest BCUT2D eigenvalue weighted by Gasteiger charge is 2.23. The molecule has 0 bridgehead atoms. The highest BCUT2D eigenvalue weighted by molar-refractivity contribution is 7.97. The molecule has 0 radical (unpaired) electrons. The smallest absolute Gasteiger partial charge is 0.271 e. The molecular formula is C37H48ClN11O3S. The third kappa shape index (κ3) is 9.37. The van der Waals surface area contributed by atoms with E-state index in [1.165, 1.54) is 12.8 Å². The molecule has 0 unspecified atom stereocenters. The van der Waals surface area contributed by atoms with Crippen molar-refractivity contribution < 1.29 is 9.53 Å². The number of anilines is 3. The normalized spacial score (nSPS) is 17.8. The fourth-order valence-corrected chi connectivity index (χ4v) is 7.50. The number of aromatic nitrogens is 7. The third-order valence-corrected chi connectivity index (χ3v) is 10.6. The van der Waals surface area contributed by atoms with Crippen LogP contribution in [0.25, 0.3) is 22.2 Å². The average molecular weight is 762 g/mol. The van der Waals surface area contributed by atoms with Gasteiger partial charge in [-0.2, -0.15) is 15.0 Å². The number of halogens is 1. The van der Waals surface area contributed by atoms with Gasteiger partial charge in [0.2, 0.25) is 23.7 Å². The van der Waals surface area contributed by atoms with Gasteiger partial charge in [-0.05, 0) is 114 Å². The first-order valence-corrected chi connectivity index (χ1v) is 19.4. The van der Waals surface area contributed by atoms with E-state index in [0.717, 1.165) is 71.7 Å². The van der Waals surface area contributed by atoms with Crippen molar-refractivity contribution in [2.24, 2.45) is 5.92 Å². The van der Waals surface area contributed by atoms with E-state index in [4.69, 9.17) is 16.3 Å². The van der Waals surface area contributed by atoms with Crippen LogP contribution in [0.2, 0.25) is 5.02 Å². The standard InChI is InChI=1S/C20H26N6OS.C17H22ClN5O2/c1-12-4-6-14(7-5-12)27-19-17-18(23-11-22-17)25-20(26-19)24-16-9-8-15(28-21-3)10-13(16)2;1-10(2)23-15-12(8-14(18)16(23)25)9-19-17(21-15)20-13-4-6-22(7-5-13)11(3)24/h8-12,14,21H,4-7H2,1-3H3,(H2,22,23,24,25,26);8-10,13H,4-7H2,1-3H3,(H,19,20,21). The number of H-pyrrole nitrogens is 1. The van der Waals surface area contributed by atoms with Gasteiger partial charge in [0.05, 0.1) is 6.33 Å². The summed E-state index contributed by atoms with van der Waals surface area (Å²) >= 11 is 7.62. The van der Waals surface area contributed by atoms with Crippen molar-refractivity contribution in [3.63, 3.8) is 0 Å². The summed E-state index contributed by atoms with van der Waals surface area (Å²) in [6.45, 7) is 11.3. The Labute approximate surface area is 318 Å². The number of carbonyl (C=O) groups is 1. The minimum absolute atomic E-state index is 0.0599. The average Bonchev–Trinajstić information content (AvgIpc) is 3.61. The Hall–Kier alpha value is -4.47. The fraction of sp³-hybridized carbons (Fsp3) is 0.486. The van der Waals surface area contributed by atoms with E-state index in [1.807, 2.05) is 31.9 Å². The Morgan fingerprint density at radius 2 is 1.79 bits per heavy atom. The van der Waals surface area contributed by atoms with Crippen molar-refractivity contribution in [3.8, 4) is 5.88 Å². The van der Waals surface area contributed by atoms with E-state index in [9.17, 15) is 9.59 Å². The summed E-state index contributed by atoms with van der Waals surface area (Å²) in [5.74, 6) is 2.45. The molecule has 5 heterocycles. The number of piperidine rings is 1. The molecule has 1 aliphatic heterocycles. The molecule has 2 fully saturated rings. The maximum absolute atomic E-state index is 12.3. The molecule has 0 atom stereocenters. The molecule has 7 rings (SSSR count). The number of aromatic amines is 1. The summed E-state index contributed by atoms with van der Waals surface area (Å²) in [5.41, 5.74) is 3.77. The summed E-state index contributed by atoms with van der Waals surface area (Å²) in [5, 5.41) is 7.55. The molecule has 282 valence electrons. The molecule has 14 nitrogen and oxygen atoms in total. The number of pyridine rings is 1. The highest BCUT2D eigenvalue weighted by Crippen LogP contribution is 2.31. The second kappa shape index (κ2) is 17.1. The number of aryl methyl sites for hydroxylation is 1. The van der Waals surface area contributed by atoms with Crippen LogP contribution in [0.1, 0.15) is 77.8 Å². The lowest BCUT2D eigenvalue weighted by Crippen LogP contribution is -2.41. The van der Waals surface area contributed by atoms with E-state index in [2.05, 4.69) is 71.2 Å². The summed E-state index contributed by atoms with van der Waals surface area (Å²) in [7, 11) is 1.91. The van der Waals surface area contributed by atoms with Crippen molar-refractivity contribution in [2.45, 2.75) is 96.2 Å². The molecule has 5 aromatic rings. The third-order valence-electron chi connectivity index (χ3n) is 9.68. The van der Waals surface area contributed by atoms with Crippen molar-refractivity contribution in [1.82, 2.24) is 44.1 Å². The molecular weight excluding hydrogens is 714 g/mol. The van der Waals surface area contributed by atoms with Crippen LogP contribution < -0.4 is 25.7 Å². The molecule has 1 aliphatic carbocycles. The lowest BCUT2D eigenvalue weighted by molar-refractivity contribution is -0.129. The Kier molecular flexibility index (Phi) is 12.4. The summed E-state index contributed by atoms with van der Waals surface area (Å²) in [4.78, 5) is 52.3. The van der Waals surface area contributed by atoms with Crippen LogP contribution in [0, 0.1) is 12.8 Å². The van der Waals surface area contributed by atoms with Crippen LogP contribution in [-0.2, 0) is 4.79 Å². The van der Waals surface area contributed by atoms with Crippen LogP contribution in [0.5, 0.6) is 5.88 Å². The Morgan fingerprint density at radius 3 is 2.47 bits per heavy atom. The molecule has 4 N–H and O–H groups in total. The second-order valence-corrected chi connectivity index (χ2v) is 15.5. The quantitative estimate of drug-likeness (QED) is 0.113. The molecule has 4 aromatic heterocycles. The maximum Gasteiger partial charge on any atom is 0.271 e. The van der Waals surface area contributed by atoms with Gasteiger partial charge in [0.1, 0.15) is 22.3 Å². The predicted octanol–water partition coefficient (Wildman–Crippen LogP) is 7.04. The van der Waals surface area contributed by atoms with Gasteiger partial charge in [0, 0.05) is 54.3 Å². The zero-order valence-corrected chi connectivity index (χ0v) is 32.6. The Balaban J connectivity index is 0.000000183. The molecule has 1 amide bonds. The summed E-state index contributed by atoms with van der Waals surface area (Å²) < 4.78 is 10.9. The van der Waals surface area contributed by atoms with E-state index in [-0.39, 0.29) is 34.7 Å². The zero-order chi connectivity index (χ0) is 37.6. The van der Waals surface area contributed by atoms with Crippen molar-refractivity contribution >= 4 is 69.2 Å². The molecule has 1 saturated heterocycles. The number of ether oxygens (including phenoxy) is 1. The number of amides is 1. The van der Waals surface area contributed by atoms with Gasteiger partial charge >= 0.3 is 0 Å². The Bertz CT molecular complexity index is 2110. The van der Waals surface area contributed by atoms with Crippen LogP contribution in [0.3, 0.4) is 0 Å². The minimum Gasteiger partial charge on any atom is -0.473 e. The lowest BCUT2D eigenvalue weighted by atomic mass is 9.89. The Morgan fingerprint density at radius 1 is 1.04 bits per heavy atom. The van der Waals surface area contributed by atoms with E-state index >= 15 is 0 Å². The van der Waals surface area contributed by atoms with Gasteiger partial charge in [-0.25, -0.2) is 9.97 Å². The highest BCUT2D eigenvalue weighted by atomic mass is 35.5. The van der Waals surface area contributed by atoms with Gasteiger partial charge in [0.25, 0.3) is 5.56 Å². The first-order valence-electron chi connectivity index (χ1n) is 18.2. The van der Waals surface area contributed by atoms with Gasteiger partial charge in [-0.3, -0.25) is 18.9 Å². The first-order chi connectivity index (χ1) is 25.5. The number of imidazole rings is 1. The van der Waals surface area contributed by atoms with Crippen LogP contribution in [0.15, 0.2) is 46.5 Å². The molecule has 53 heavy (non-hydrogen) atoms. The number of benzene rings is 1. The molecule has 1 aromatic carbocycles. The molecule has 16 heteroatoms. The molecule has 1 saturated carbocycles. The number of nitrogens with zero attached hydrogens (tertiary/aromatic N) is 7. The van der Waals surface area contributed by atoms with Gasteiger partial charge in [-0.1, -0.05) is 18.5 Å². The second-order valence-electron chi connectivity index (χ2n) is 14.0. The summed E-state index contributed by atoms with van der Waals surface area (Å²) in [6, 6.07) is 7.97. The summed E-state index contributed by atoms with van der Waals surface area (Å²) in [6.07, 6.45) is 9.72. The topological polar surface area (TPSA) is 168 Å². The largest absolute Gasteiger partial charge is 0.473 e. The van der Waals surface area contributed by atoms with E-state index in [0.29, 0.717) is 29.1 Å². The number of likely N-dealkylation sites (tertiary alicyclic amines) is 1. The zero-order valence-electron chi connectivity index (χ0n) is 31.1. The number of nitrogens with one attached hydrogen (secondary N) is 4. The van der Waals surface area contributed by atoms with Crippen LogP contribution in [0.4, 0.5) is 17.6 Å². The van der Waals surface area contributed by atoms with Gasteiger partial charge < -0.3 is 25.3 Å². The van der Waals surface area contributed by atoms with Crippen molar-refractivity contribution in [3.05, 3.63) is 57.7 Å². The van der Waals surface area contributed by atoms with E-state index in [1.54, 1.807) is 42.0 Å². The van der Waals surface area contributed by atoms with Gasteiger partial charge in [-0.15, -0.1) is 0 Å². The molecule has 2 aliphatic rings. The van der Waals surface area contributed by atoms with Crippen LogP contribution >= 0.6 is 23.5 Å². The number of fused-ring (bicyclic) bond motifs is 2. The van der Waals surface area contributed by atoms with Gasteiger partial charge in [0.15, 0.2) is 5.65 Å². The van der Waals surface area contributed by atoms with E-state index < -0.39 is 0 Å². The number of hydrogen-bond acceptors (Lipinski definition) is 12. The fourth-order valence-electron chi connectivity index (χ4n) is 6.69. The molecule has 0 spiro atoms. The minimum atomic E-state index is -0.247. The maximum atomic E-state index is 12.3. The van der Waals surface area contributed by atoms with Crippen molar-refractivity contribution in [2.75, 3.05) is 30.8 Å². The number of carbonyl (C=O) groups excluding carboxylic acids is 1. The lowest BCUT2D eigenvalue weighted by Gasteiger charge is -2.31. The monoisotopic (exact) mass is 761 g/mol. The SMILES string of the molecule is CC(=O)N1CCC(Nc2ncc3cc(Cl)c(=O)n(C(C)C)c3n2)CC1.CNSc1ccc(Nc2nc(OC3CCC(C)CC3)c3[nH]cnc3n2)c(C)c1. The predicted molar refractivity (Wildman–Crippen MR) is 211 cm³/mol. The van der Waals surface area contributed by atoms with Crippen LogP contribution in [-0.4, -0.2) is 77.6 Å². The number of rotatable bonds is 9. The van der Waals surface area contributed by atoms with Crippen molar-refractivity contribution in [1.29, 1.82) is 0 Å². The first kappa shape index (κ1) is 38.3. The number of hydrogen-bond donors (Lipinski definition) is 4.